The van der Waals surface area contributed by atoms with E-state index in [0.29, 0.717) is 17.7 Å². The molecule has 6 heteroatoms. The smallest absolute Gasteiger partial charge is 0.435 e. The second-order valence-electron chi connectivity index (χ2n) is 6.90. The lowest BCUT2D eigenvalue weighted by Gasteiger charge is -2.28. The van der Waals surface area contributed by atoms with E-state index in [9.17, 15) is 14.7 Å². The summed E-state index contributed by atoms with van der Waals surface area (Å²) in [4.78, 5) is 30.1. The molecule has 0 saturated carbocycles. The summed E-state index contributed by atoms with van der Waals surface area (Å²) in [5.41, 5.74) is 4.17. The van der Waals surface area contributed by atoms with E-state index in [0.717, 1.165) is 16.7 Å². The molecule has 0 radical (unpaired) electrons. The summed E-state index contributed by atoms with van der Waals surface area (Å²) in [6, 6.07) is 14.7. The third-order valence-electron chi connectivity index (χ3n) is 5.23. The van der Waals surface area contributed by atoms with Gasteiger partial charge < -0.3 is 9.94 Å². The molecule has 140 valence electrons. The molecular formula is C21H23N2O4+. The number of hydrogen-bond acceptors (Lipinski definition) is 4. The third-order valence-corrected chi connectivity index (χ3v) is 5.23. The zero-order chi connectivity index (χ0) is 19.6. The molecule has 1 N–H and O–H groups in total. The number of carbonyl (C=O) groups is 2. The topological polar surface area (TPSA) is 76.0 Å². The van der Waals surface area contributed by atoms with Crippen LogP contribution in [0.3, 0.4) is 0 Å². The highest BCUT2D eigenvalue weighted by Crippen LogP contribution is 2.30. The maximum absolute atomic E-state index is 13.2. The maximum atomic E-state index is 13.2. The number of quaternary nitrogens is 1. The zero-order valence-electron chi connectivity index (χ0n) is 15.7. The fourth-order valence-electron chi connectivity index (χ4n) is 3.73. The Bertz CT molecular complexity index is 905. The molecule has 0 aliphatic carbocycles. The van der Waals surface area contributed by atoms with E-state index < -0.39 is 22.5 Å². The summed E-state index contributed by atoms with van der Waals surface area (Å²) in [6.45, 7) is 3.80. The largest absolute Gasteiger partial charge is 0.522 e. The van der Waals surface area contributed by atoms with Crippen molar-refractivity contribution in [2.24, 2.45) is 5.16 Å². The predicted octanol–water partition coefficient (Wildman–Crippen LogP) is 4.09. The minimum atomic E-state index is -1.17. The summed E-state index contributed by atoms with van der Waals surface area (Å²) >= 11 is 0. The van der Waals surface area contributed by atoms with Crippen LogP contribution in [0.25, 0.3) is 11.1 Å². The van der Waals surface area contributed by atoms with Crippen LogP contribution in [0, 0.1) is 6.92 Å². The molecule has 3 rings (SSSR count). The Morgan fingerprint density at radius 3 is 2.41 bits per heavy atom. The molecule has 0 aromatic heterocycles. The molecule has 2 aromatic rings. The second kappa shape index (κ2) is 7.32. The van der Waals surface area contributed by atoms with E-state index in [2.05, 4.69) is 5.16 Å². The summed E-state index contributed by atoms with van der Waals surface area (Å²) < 4.78 is -0.689. The number of benzene rings is 2. The molecule has 2 amide bonds. The van der Waals surface area contributed by atoms with Crippen molar-refractivity contribution in [1.29, 1.82) is 0 Å². The molecule has 0 spiro atoms. The van der Waals surface area contributed by atoms with Crippen molar-refractivity contribution < 1.29 is 24.0 Å². The number of rotatable bonds is 3. The Balaban J connectivity index is 1.95. The molecule has 1 fully saturated rings. The van der Waals surface area contributed by atoms with E-state index >= 15 is 0 Å². The monoisotopic (exact) mass is 367 g/mol. The van der Waals surface area contributed by atoms with Crippen LogP contribution in [0.1, 0.15) is 29.3 Å². The Labute approximate surface area is 158 Å². The van der Waals surface area contributed by atoms with Gasteiger partial charge in [-0.1, -0.05) is 41.6 Å². The lowest BCUT2D eigenvalue weighted by molar-refractivity contribution is -0.781. The van der Waals surface area contributed by atoms with Gasteiger partial charge in [-0.2, -0.15) is 4.79 Å². The van der Waals surface area contributed by atoms with Crippen molar-refractivity contribution in [2.75, 3.05) is 13.7 Å². The van der Waals surface area contributed by atoms with Crippen LogP contribution in [0.15, 0.2) is 53.7 Å². The second-order valence-corrected chi connectivity index (χ2v) is 6.90. The Morgan fingerprint density at radius 1 is 1.15 bits per heavy atom. The Morgan fingerprint density at radius 2 is 1.81 bits per heavy atom. The lowest BCUT2D eigenvalue weighted by atomic mass is 9.99. The standard InChI is InChI=1S/C21H22N2O4/c1-14-6-4-5-7-19(14)16-8-10-17(11-9-16)20(24)23(21(25)26)13-18(22-27-3)12-15(23)2/h4-11,15H,12-13H2,1-3H3/p+1/t15-,23?/m1/s1. The highest BCUT2D eigenvalue weighted by molar-refractivity contribution is 6.00. The van der Waals surface area contributed by atoms with Crippen LogP contribution in [0.2, 0.25) is 0 Å². The highest BCUT2D eigenvalue weighted by atomic mass is 16.6. The normalized spacial score (nSPS) is 23.4. The molecule has 27 heavy (non-hydrogen) atoms. The summed E-state index contributed by atoms with van der Waals surface area (Å²) in [5.74, 6) is -0.437. The van der Waals surface area contributed by atoms with Crippen LogP contribution in [0.5, 0.6) is 0 Å². The van der Waals surface area contributed by atoms with Gasteiger partial charge in [-0.05, 0) is 42.7 Å². The van der Waals surface area contributed by atoms with Gasteiger partial charge in [-0.25, -0.2) is 4.79 Å². The number of amides is 2. The van der Waals surface area contributed by atoms with Gasteiger partial charge in [0.15, 0.2) is 0 Å². The van der Waals surface area contributed by atoms with E-state index in [4.69, 9.17) is 4.84 Å². The predicted molar refractivity (Wildman–Crippen MR) is 103 cm³/mol. The van der Waals surface area contributed by atoms with Gasteiger partial charge in [0, 0.05) is 6.42 Å². The van der Waals surface area contributed by atoms with Crippen molar-refractivity contribution in [3.05, 3.63) is 59.7 Å². The first-order valence-corrected chi connectivity index (χ1v) is 8.81. The number of oxime groups is 1. The minimum Gasteiger partial charge on any atom is -0.435 e. The van der Waals surface area contributed by atoms with E-state index in [1.807, 2.05) is 43.3 Å². The summed E-state index contributed by atoms with van der Waals surface area (Å²) in [6.07, 6.45) is -0.760. The average molecular weight is 367 g/mol. The molecule has 0 bridgehead atoms. The summed E-state index contributed by atoms with van der Waals surface area (Å²) in [7, 11) is 1.41. The molecule has 1 heterocycles. The number of aryl methyl sites for hydroxylation is 1. The zero-order valence-corrected chi connectivity index (χ0v) is 15.7. The molecule has 1 aliphatic rings. The quantitative estimate of drug-likeness (QED) is 0.655. The Kier molecular flexibility index (Phi) is 5.10. The van der Waals surface area contributed by atoms with Crippen molar-refractivity contribution >= 4 is 17.7 Å². The number of carboxylic acid groups (broad SMARTS) is 1. The fraction of sp³-hybridized carbons (Fsp3) is 0.286. The Hall–Kier alpha value is -2.99. The molecule has 6 nitrogen and oxygen atoms in total. The SMILES string of the molecule is CON=C1C[C@@H](C)[N+](C(=O)O)(C(=O)c2ccc(-c3ccccc3C)cc2)C1. The minimum absolute atomic E-state index is 0.0166. The van der Waals surface area contributed by atoms with E-state index in [1.54, 1.807) is 19.1 Å². The molecule has 2 atom stereocenters. The molecule has 1 aliphatic heterocycles. The molecular weight excluding hydrogens is 344 g/mol. The lowest BCUT2D eigenvalue weighted by Crippen LogP contribution is -2.58. The van der Waals surface area contributed by atoms with Gasteiger partial charge in [-0.3, -0.25) is 0 Å². The number of imide groups is 1. The molecule has 1 unspecified atom stereocenters. The first-order valence-electron chi connectivity index (χ1n) is 8.81. The number of hydrogen-bond donors (Lipinski definition) is 1. The van der Waals surface area contributed by atoms with Crippen LogP contribution in [0.4, 0.5) is 4.79 Å². The van der Waals surface area contributed by atoms with Crippen molar-refractivity contribution in [3.63, 3.8) is 0 Å². The molecule has 2 aromatic carbocycles. The van der Waals surface area contributed by atoms with Gasteiger partial charge in [0.2, 0.25) is 0 Å². The van der Waals surface area contributed by atoms with Crippen LogP contribution >= 0.6 is 0 Å². The van der Waals surface area contributed by atoms with Gasteiger partial charge >= 0.3 is 12.0 Å². The van der Waals surface area contributed by atoms with Gasteiger partial charge in [0.1, 0.15) is 25.4 Å². The number of carbonyl (C=O) groups excluding carboxylic acids is 1. The van der Waals surface area contributed by atoms with Crippen LogP contribution in [-0.2, 0) is 4.84 Å². The van der Waals surface area contributed by atoms with Gasteiger partial charge in [-0.15, -0.1) is 4.48 Å². The van der Waals surface area contributed by atoms with Gasteiger partial charge in [0.05, 0.1) is 5.56 Å². The number of nitrogens with zero attached hydrogens (tertiary/aromatic N) is 2. The fourth-order valence-corrected chi connectivity index (χ4v) is 3.73. The average Bonchev–Trinajstić information content (AvgIpc) is 2.99. The molecule has 1 saturated heterocycles. The first kappa shape index (κ1) is 18.8. The highest BCUT2D eigenvalue weighted by Gasteiger charge is 2.56. The van der Waals surface area contributed by atoms with Gasteiger partial charge in [0.25, 0.3) is 0 Å². The van der Waals surface area contributed by atoms with Crippen molar-refractivity contribution in [3.8, 4) is 11.1 Å². The first-order chi connectivity index (χ1) is 12.9. The van der Waals surface area contributed by atoms with Crippen LogP contribution in [-0.4, -0.2) is 47.0 Å². The third kappa shape index (κ3) is 3.24. The van der Waals surface area contributed by atoms with E-state index in [1.165, 1.54) is 7.11 Å². The summed E-state index contributed by atoms with van der Waals surface area (Å²) in [5, 5.41) is 13.8. The van der Waals surface area contributed by atoms with Crippen LogP contribution < -0.4 is 0 Å². The van der Waals surface area contributed by atoms with Crippen molar-refractivity contribution in [1.82, 2.24) is 0 Å². The van der Waals surface area contributed by atoms with Crippen molar-refractivity contribution in [2.45, 2.75) is 26.3 Å². The maximum Gasteiger partial charge on any atom is 0.522 e. The number of likely N-dealkylation sites (tertiary alicyclic amines) is 1. The van der Waals surface area contributed by atoms with E-state index in [-0.39, 0.29) is 6.54 Å².